The highest BCUT2D eigenvalue weighted by molar-refractivity contribution is 6.65. The maximum atomic E-state index is 11.6. The first-order valence-electron chi connectivity index (χ1n) is 7.06. The van der Waals surface area contributed by atoms with E-state index in [-0.39, 0.29) is 17.8 Å². The molecule has 0 amide bonds. The van der Waals surface area contributed by atoms with E-state index in [2.05, 4.69) is 10.1 Å². The van der Waals surface area contributed by atoms with Gasteiger partial charge in [-0.15, -0.1) is 0 Å². The third kappa shape index (κ3) is 3.33. The van der Waals surface area contributed by atoms with Gasteiger partial charge in [-0.3, -0.25) is 4.79 Å². The molecule has 8 heteroatoms. The van der Waals surface area contributed by atoms with Gasteiger partial charge >= 0.3 is 5.97 Å². The Kier molecular flexibility index (Phi) is 4.54. The smallest absolute Gasteiger partial charge is 0.325 e. The molecular formula is C15H14Cl2N4O2. The number of benzene rings is 1. The summed E-state index contributed by atoms with van der Waals surface area (Å²) in [6.07, 6.45) is 1.72. The van der Waals surface area contributed by atoms with Crippen LogP contribution in [0, 0.1) is 0 Å². The predicted molar refractivity (Wildman–Crippen MR) is 88.6 cm³/mol. The lowest BCUT2D eigenvalue weighted by atomic mass is 10.2. The molecule has 1 aromatic carbocycles. The Bertz CT molecular complexity index is 755. The fourth-order valence-electron chi connectivity index (χ4n) is 2.29. The molecule has 0 saturated carbocycles. The van der Waals surface area contributed by atoms with Gasteiger partial charge in [-0.1, -0.05) is 11.6 Å². The average Bonchev–Trinajstić information content (AvgIpc) is 2.91. The number of aliphatic imine (C=N–C) groups is 1. The summed E-state index contributed by atoms with van der Waals surface area (Å²) in [5.74, 6) is 0.312. The second kappa shape index (κ2) is 6.60. The maximum Gasteiger partial charge on any atom is 0.325 e. The molecule has 6 nitrogen and oxygen atoms in total. The van der Waals surface area contributed by atoms with Gasteiger partial charge in [-0.2, -0.15) is 10.1 Å². The van der Waals surface area contributed by atoms with Gasteiger partial charge in [0, 0.05) is 10.6 Å². The van der Waals surface area contributed by atoms with E-state index >= 15 is 0 Å². The number of hydrogen-bond acceptors (Lipinski definition) is 5. The number of hydrogen-bond donors (Lipinski definition) is 0. The van der Waals surface area contributed by atoms with Crippen LogP contribution in [0.2, 0.25) is 5.02 Å². The standard InChI is InChI=1S/C15H14Cl2N4O2/c1-2-23-13(22)9-20-8-10-7-18-21(14(10)19-15(20)17)12-5-3-11(16)4-6-12/h3-7H,2,8-9H2,1H3. The molecule has 120 valence electrons. The minimum atomic E-state index is -0.339. The quantitative estimate of drug-likeness (QED) is 0.626. The number of amidine groups is 1. The number of carbonyl (C=O) groups excluding carboxylic acids is 1. The zero-order chi connectivity index (χ0) is 16.4. The van der Waals surface area contributed by atoms with Gasteiger partial charge in [0.2, 0.25) is 5.29 Å². The Balaban J connectivity index is 1.86. The van der Waals surface area contributed by atoms with Gasteiger partial charge in [0.05, 0.1) is 25.0 Å². The molecule has 0 radical (unpaired) electrons. The molecule has 0 saturated heterocycles. The Morgan fingerprint density at radius 1 is 1.30 bits per heavy atom. The molecule has 2 heterocycles. The molecule has 0 fully saturated rings. The van der Waals surface area contributed by atoms with Gasteiger partial charge < -0.3 is 9.64 Å². The number of ether oxygens (including phenoxy) is 1. The number of carbonyl (C=O) groups is 1. The van der Waals surface area contributed by atoms with Crippen LogP contribution in [0.5, 0.6) is 0 Å². The van der Waals surface area contributed by atoms with E-state index in [1.54, 1.807) is 34.8 Å². The highest BCUT2D eigenvalue weighted by atomic mass is 35.5. The monoisotopic (exact) mass is 352 g/mol. The molecule has 0 atom stereocenters. The SMILES string of the molecule is CCOC(=O)CN1Cc2cnn(-c3ccc(Cl)cc3)c2N=C1Cl. The van der Waals surface area contributed by atoms with Crippen LogP contribution in [0.25, 0.3) is 5.69 Å². The van der Waals surface area contributed by atoms with E-state index in [0.29, 0.717) is 24.0 Å². The molecule has 1 aliphatic rings. The first-order chi connectivity index (χ1) is 11.1. The van der Waals surface area contributed by atoms with Crippen molar-refractivity contribution in [2.75, 3.05) is 13.2 Å². The summed E-state index contributed by atoms with van der Waals surface area (Å²) in [5, 5.41) is 5.23. The third-order valence-electron chi connectivity index (χ3n) is 3.33. The van der Waals surface area contributed by atoms with Crippen molar-refractivity contribution in [2.24, 2.45) is 4.99 Å². The summed E-state index contributed by atoms with van der Waals surface area (Å²) in [4.78, 5) is 17.6. The summed E-state index contributed by atoms with van der Waals surface area (Å²) in [7, 11) is 0. The molecule has 0 N–H and O–H groups in total. The summed E-state index contributed by atoms with van der Waals surface area (Å²) < 4.78 is 6.63. The number of rotatable bonds is 4. The second-order valence-electron chi connectivity index (χ2n) is 4.92. The molecule has 23 heavy (non-hydrogen) atoms. The Morgan fingerprint density at radius 3 is 2.74 bits per heavy atom. The molecule has 3 rings (SSSR count). The van der Waals surface area contributed by atoms with Crippen molar-refractivity contribution in [3.8, 4) is 5.69 Å². The van der Waals surface area contributed by atoms with Crippen LogP contribution in [0.15, 0.2) is 35.5 Å². The van der Waals surface area contributed by atoms with Crippen molar-refractivity contribution in [3.63, 3.8) is 0 Å². The fourth-order valence-corrected chi connectivity index (χ4v) is 2.62. The number of nitrogens with zero attached hydrogens (tertiary/aromatic N) is 4. The lowest BCUT2D eigenvalue weighted by molar-refractivity contribution is -0.143. The van der Waals surface area contributed by atoms with Crippen LogP contribution in [0.1, 0.15) is 12.5 Å². The Labute approximate surface area is 143 Å². The zero-order valence-electron chi connectivity index (χ0n) is 12.4. The van der Waals surface area contributed by atoms with Crippen LogP contribution in [-0.2, 0) is 16.1 Å². The first kappa shape index (κ1) is 15.8. The number of esters is 1. The van der Waals surface area contributed by atoms with E-state index < -0.39 is 0 Å². The third-order valence-corrected chi connectivity index (χ3v) is 3.91. The van der Waals surface area contributed by atoms with Crippen LogP contribution in [-0.4, -0.2) is 39.1 Å². The molecule has 0 unspecified atom stereocenters. The van der Waals surface area contributed by atoms with Crippen LogP contribution < -0.4 is 0 Å². The van der Waals surface area contributed by atoms with Crippen LogP contribution in [0.3, 0.4) is 0 Å². The van der Waals surface area contributed by atoms with Gasteiger partial charge in [0.25, 0.3) is 0 Å². The minimum Gasteiger partial charge on any atom is -0.465 e. The van der Waals surface area contributed by atoms with Crippen molar-refractivity contribution in [2.45, 2.75) is 13.5 Å². The lowest BCUT2D eigenvalue weighted by Crippen LogP contribution is -2.35. The summed E-state index contributed by atoms with van der Waals surface area (Å²) in [6, 6.07) is 7.27. The van der Waals surface area contributed by atoms with E-state index in [1.807, 2.05) is 12.1 Å². The normalized spacial score (nSPS) is 13.5. The van der Waals surface area contributed by atoms with Crippen LogP contribution >= 0.6 is 23.2 Å². The average molecular weight is 353 g/mol. The molecule has 0 bridgehead atoms. The molecule has 2 aromatic rings. The number of fused-ring (bicyclic) bond motifs is 1. The molecule has 1 aromatic heterocycles. The van der Waals surface area contributed by atoms with Crippen molar-refractivity contribution in [3.05, 3.63) is 41.0 Å². The van der Waals surface area contributed by atoms with Crippen molar-refractivity contribution >= 4 is 40.3 Å². The van der Waals surface area contributed by atoms with Crippen LogP contribution in [0.4, 0.5) is 5.82 Å². The van der Waals surface area contributed by atoms with Gasteiger partial charge in [-0.05, 0) is 42.8 Å². The predicted octanol–water partition coefficient (Wildman–Crippen LogP) is 3.13. The van der Waals surface area contributed by atoms with E-state index in [4.69, 9.17) is 27.9 Å². The highest BCUT2D eigenvalue weighted by Gasteiger charge is 2.24. The molecule has 0 spiro atoms. The maximum absolute atomic E-state index is 11.6. The number of aromatic nitrogens is 2. The Hall–Kier alpha value is -2.05. The summed E-state index contributed by atoms with van der Waals surface area (Å²) in [6.45, 7) is 2.60. The lowest BCUT2D eigenvalue weighted by Gasteiger charge is -2.24. The first-order valence-corrected chi connectivity index (χ1v) is 7.81. The van der Waals surface area contributed by atoms with Gasteiger partial charge in [-0.25, -0.2) is 4.68 Å². The summed E-state index contributed by atoms with van der Waals surface area (Å²) in [5.41, 5.74) is 1.72. The van der Waals surface area contributed by atoms with Crippen molar-refractivity contribution in [1.29, 1.82) is 0 Å². The minimum absolute atomic E-state index is 0.0573. The molecular weight excluding hydrogens is 339 g/mol. The van der Waals surface area contributed by atoms with E-state index in [1.165, 1.54) is 0 Å². The second-order valence-corrected chi connectivity index (χ2v) is 5.70. The fraction of sp³-hybridized carbons (Fsp3) is 0.267. The topological polar surface area (TPSA) is 59.7 Å². The van der Waals surface area contributed by atoms with Gasteiger partial charge in [0.1, 0.15) is 6.54 Å². The van der Waals surface area contributed by atoms with E-state index in [0.717, 1.165) is 11.3 Å². The largest absolute Gasteiger partial charge is 0.465 e. The summed E-state index contributed by atoms with van der Waals surface area (Å²) >= 11 is 12.1. The van der Waals surface area contributed by atoms with Crippen molar-refractivity contribution in [1.82, 2.24) is 14.7 Å². The Morgan fingerprint density at radius 2 is 2.04 bits per heavy atom. The van der Waals surface area contributed by atoms with Gasteiger partial charge in [0.15, 0.2) is 5.82 Å². The zero-order valence-corrected chi connectivity index (χ0v) is 13.9. The number of halogens is 2. The molecule has 0 aliphatic carbocycles. The molecule has 1 aliphatic heterocycles. The van der Waals surface area contributed by atoms with E-state index in [9.17, 15) is 4.79 Å². The van der Waals surface area contributed by atoms with Crippen molar-refractivity contribution < 1.29 is 9.53 Å². The highest BCUT2D eigenvalue weighted by Crippen LogP contribution is 2.29.